The van der Waals surface area contributed by atoms with E-state index in [4.69, 9.17) is 4.74 Å². The van der Waals surface area contributed by atoms with E-state index >= 15 is 0 Å². The van der Waals surface area contributed by atoms with Gasteiger partial charge in [-0.2, -0.15) is 10.2 Å². The summed E-state index contributed by atoms with van der Waals surface area (Å²) in [5, 5.41) is 9.37. The number of fused-ring (bicyclic) bond motifs is 1. The lowest BCUT2D eigenvalue weighted by Crippen LogP contribution is -2.52. The Morgan fingerprint density at radius 2 is 1.92 bits per heavy atom. The molecule has 0 radical (unpaired) electrons. The van der Waals surface area contributed by atoms with Crippen molar-refractivity contribution in [3.63, 3.8) is 0 Å². The van der Waals surface area contributed by atoms with Gasteiger partial charge in [0.2, 0.25) is 5.91 Å². The van der Waals surface area contributed by atoms with E-state index in [1.165, 1.54) is 52.3 Å². The summed E-state index contributed by atoms with van der Waals surface area (Å²) in [6, 6.07) is 3.29. The van der Waals surface area contributed by atoms with Crippen molar-refractivity contribution in [2.45, 2.75) is 58.7 Å². The highest BCUT2D eigenvalue weighted by Gasteiger charge is 2.35. The molecule has 1 aliphatic rings. The van der Waals surface area contributed by atoms with E-state index in [-0.39, 0.29) is 24.9 Å². The topological polar surface area (TPSA) is 104 Å². The predicted molar refractivity (Wildman–Crippen MR) is 142 cm³/mol. The maximum absolute atomic E-state index is 14.0. The van der Waals surface area contributed by atoms with Gasteiger partial charge in [-0.15, -0.1) is 4.80 Å². The first-order chi connectivity index (χ1) is 18.2. The molecule has 0 N–H and O–H groups in total. The highest BCUT2D eigenvalue weighted by molar-refractivity contribution is 7.21. The Labute approximate surface area is 221 Å². The zero-order valence-corrected chi connectivity index (χ0v) is 22.5. The van der Waals surface area contributed by atoms with E-state index in [0.29, 0.717) is 51.5 Å². The monoisotopic (exact) mass is 540 g/mol. The van der Waals surface area contributed by atoms with E-state index in [0.717, 1.165) is 4.57 Å². The van der Waals surface area contributed by atoms with Gasteiger partial charge in [-0.05, 0) is 63.8 Å². The molecule has 1 fully saturated rings. The maximum atomic E-state index is 14.0. The molecular formula is C26H29FN6O4S. The molecule has 0 unspecified atom stereocenters. The Morgan fingerprint density at radius 1 is 1.18 bits per heavy atom. The zero-order valence-electron chi connectivity index (χ0n) is 21.7. The number of methoxy groups -OCH3 is 1. The van der Waals surface area contributed by atoms with Gasteiger partial charge >= 0.3 is 5.69 Å². The standard InChI is InChI=1S/C26H29FN6O4S/c1-15(2)30-12-5-6-19(22(30)34)32-23(35)21-16(3)24(33-28-10-11-29-33)38-25(21)31(26(32)36)13-9-17-14-18(27)7-8-20(17)37-4/h7-8,10-11,14-15,19H,5-6,9,12-13H2,1-4H3/t19-/m0/s1. The molecule has 1 saturated heterocycles. The van der Waals surface area contributed by atoms with Gasteiger partial charge < -0.3 is 9.64 Å². The average molecular weight is 541 g/mol. The van der Waals surface area contributed by atoms with Crippen LogP contribution in [0, 0.1) is 12.7 Å². The highest BCUT2D eigenvalue weighted by Crippen LogP contribution is 2.32. The summed E-state index contributed by atoms with van der Waals surface area (Å²) >= 11 is 1.23. The summed E-state index contributed by atoms with van der Waals surface area (Å²) in [6.07, 6.45) is 4.43. The second kappa shape index (κ2) is 10.2. The van der Waals surface area contributed by atoms with Gasteiger partial charge in [-0.1, -0.05) is 11.3 Å². The van der Waals surface area contributed by atoms with Crippen LogP contribution in [0.3, 0.4) is 0 Å². The number of benzene rings is 1. The molecule has 0 aliphatic carbocycles. The second-order valence-electron chi connectivity index (χ2n) is 9.63. The highest BCUT2D eigenvalue weighted by atomic mass is 32.1. The molecule has 1 aromatic carbocycles. The van der Waals surface area contributed by atoms with E-state index in [1.54, 1.807) is 17.9 Å². The number of likely N-dealkylation sites (tertiary alicyclic amines) is 1. The molecule has 0 spiro atoms. The summed E-state index contributed by atoms with van der Waals surface area (Å²) in [6.45, 7) is 6.36. The number of halogens is 1. The SMILES string of the molecule is COc1ccc(F)cc1CCn1c(=O)n([C@H]2CCCN(C(C)C)C2=O)c(=O)c2c(C)c(-n3nccn3)sc21. The third-order valence-electron chi connectivity index (χ3n) is 7.05. The smallest absolute Gasteiger partial charge is 0.332 e. The molecule has 38 heavy (non-hydrogen) atoms. The Balaban J connectivity index is 1.71. The fraction of sp³-hybridized carbons (Fsp3) is 0.423. The minimum Gasteiger partial charge on any atom is -0.496 e. The number of piperidine rings is 1. The van der Waals surface area contributed by atoms with Crippen molar-refractivity contribution >= 4 is 27.5 Å². The summed E-state index contributed by atoms with van der Waals surface area (Å²) in [5.74, 6) is -0.142. The van der Waals surface area contributed by atoms with Gasteiger partial charge in [0.25, 0.3) is 5.56 Å². The number of aryl methyl sites for hydroxylation is 3. The minimum atomic E-state index is -0.893. The predicted octanol–water partition coefficient (Wildman–Crippen LogP) is 3.08. The van der Waals surface area contributed by atoms with E-state index < -0.39 is 23.1 Å². The first-order valence-corrected chi connectivity index (χ1v) is 13.3. The molecule has 1 amide bonds. The third kappa shape index (κ3) is 4.32. The molecule has 1 aliphatic heterocycles. The molecule has 12 heteroatoms. The van der Waals surface area contributed by atoms with Crippen molar-refractivity contribution < 1.29 is 13.9 Å². The fourth-order valence-corrected chi connectivity index (χ4v) is 6.38. The van der Waals surface area contributed by atoms with Crippen LogP contribution in [0.25, 0.3) is 15.2 Å². The minimum absolute atomic E-state index is 0.0484. The molecule has 4 aromatic rings. The van der Waals surface area contributed by atoms with E-state index in [1.807, 2.05) is 13.8 Å². The Hall–Kier alpha value is -3.80. The number of nitrogens with zero attached hydrogens (tertiary/aromatic N) is 6. The summed E-state index contributed by atoms with van der Waals surface area (Å²) in [5.41, 5.74) is 0.150. The Kier molecular flexibility index (Phi) is 6.91. The van der Waals surface area contributed by atoms with Crippen LogP contribution in [0.1, 0.15) is 43.9 Å². The lowest BCUT2D eigenvalue weighted by Gasteiger charge is -2.35. The number of carbonyl (C=O) groups excluding carboxylic acids is 1. The summed E-state index contributed by atoms with van der Waals surface area (Å²) in [7, 11) is 1.50. The van der Waals surface area contributed by atoms with Crippen LogP contribution in [0.2, 0.25) is 0 Å². The van der Waals surface area contributed by atoms with Crippen LogP contribution >= 0.6 is 11.3 Å². The van der Waals surface area contributed by atoms with Crippen molar-refractivity contribution in [1.29, 1.82) is 0 Å². The number of thiophene rings is 1. The van der Waals surface area contributed by atoms with Crippen LogP contribution in [0.4, 0.5) is 4.39 Å². The van der Waals surface area contributed by atoms with Crippen LogP contribution in [0.15, 0.2) is 40.2 Å². The maximum Gasteiger partial charge on any atom is 0.332 e. The number of amides is 1. The quantitative estimate of drug-likeness (QED) is 0.357. The van der Waals surface area contributed by atoms with Crippen LogP contribution in [0.5, 0.6) is 5.75 Å². The van der Waals surface area contributed by atoms with Crippen molar-refractivity contribution in [2.24, 2.45) is 0 Å². The van der Waals surface area contributed by atoms with Gasteiger partial charge in [-0.25, -0.2) is 13.8 Å². The first kappa shape index (κ1) is 25.8. The van der Waals surface area contributed by atoms with Gasteiger partial charge in [0.15, 0.2) is 0 Å². The molecule has 10 nitrogen and oxygen atoms in total. The number of hydrogen-bond acceptors (Lipinski definition) is 7. The van der Waals surface area contributed by atoms with Crippen LogP contribution < -0.4 is 16.0 Å². The first-order valence-electron chi connectivity index (χ1n) is 12.5. The van der Waals surface area contributed by atoms with Crippen molar-refractivity contribution in [2.75, 3.05) is 13.7 Å². The number of hydrogen-bond donors (Lipinski definition) is 0. The van der Waals surface area contributed by atoms with Gasteiger partial charge in [-0.3, -0.25) is 14.2 Å². The summed E-state index contributed by atoms with van der Waals surface area (Å²) in [4.78, 5) is 44.9. The molecule has 1 atom stereocenters. The Morgan fingerprint density at radius 3 is 2.61 bits per heavy atom. The zero-order chi connectivity index (χ0) is 27.1. The second-order valence-corrected chi connectivity index (χ2v) is 10.6. The molecular weight excluding hydrogens is 511 g/mol. The van der Waals surface area contributed by atoms with Crippen molar-refractivity contribution in [3.8, 4) is 10.8 Å². The van der Waals surface area contributed by atoms with Gasteiger partial charge in [0.05, 0.1) is 24.9 Å². The summed E-state index contributed by atoms with van der Waals surface area (Å²) < 4.78 is 22.0. The van der Waals surface area contributed by atoms with Gasteiger partial charge in [0.1, 0.15) is 27.4 Å². The molecule has 4 heterocycles. The van der Waals surface area contributed by atoms with E-state index in [9.17, 15) is 18.8 Å². The molecule has 5 rings (SSSR count). The number of ether oxygens (including phenoxy) is 1. The molecule has 3 aromatic heterocycles. The van der Waals surface area contributed by atoms with E-state index in [2.05, 4.69) is 10.2 Å². The third-order valence-corrected chi connectivity index (χ3v) is 8.33. The molecule has 200 valence electrons. The molecule has 0 bridgehead atoms. The normalized spacial score (nSPS) is 16.1. The number of carbonyl (C=O) groups is 1. The number of rotatable bonds is 7. The van der Waals surface area contributed by atoms with Gasteiger partial charge in [0, 0.05) is 24.7 Å². The van der Waals surface area contributed by atoms with Crippen LogP contribution in [-0.4, -0.2) is 54.6 Å². The lowest BCUT2D eigenvalue weighted by molar-refractivity contribution is -0.139. The van der Waals surface area contributed by atoms with Crippen molar-refractivity contribution in [3.05, 3.63) is 68.4 Å². The van der Waals surface area contributed by atoms with Crippen LogP contribution in [-0.2, 0) is 17.8 Å². The fourth-order valence-electron chi connectivity index (χ4n) is 5.14. The lowest BCUT2D eigenvalue weighted by atomic mass is 10.0. The number of aromatic nitrogens is 5. The average Bonchev–Trinajstić information content (AvgIpc) is 3.53. The molecule has 0 saturated carbocycles. The van der Waals surface area contributed by atoms with Crippen molar-refractivity contribution in [1.82, 2.24) is 29.0 Å². The Bertz CT molecular complexity index is 1620. The largest absolute Gasteiger partial charge is 0.496 e.